The molecule has 6 nitrogen and oxygen atoms in total. The van der Waals surface area contributed by atoms with Crippen molar-refractivity contribution in [2.75, 3.05) is 5.32 Å². The molecule has 1 fully saturated rings. The van der Waals surface area contributed by atoms with Gasteiger partial charge < -0.3 is 10.4 Å². The molecule has 1 heterocycles. The summed E-state index contributed by atoms with van der Waals surface area (Å²) in [7, 11) is 0. The average molecular weight is 332 g/mol. The molecular weight excluding hydrogens is 317 g/mol. The first-order valence-corrected chi connectivity index (χ1v) is 7.35. The minimum absolute atomic E-state index is 0.00131. The van der Waals surface area contributed by atoms with Gasteiger partial charge in [-0.2, -0.15) is 0 Å². The Hall–Kier alpha value is -1.40. The van der Waals surface area contributed by atoms with Crippen molar-refractivity contribution in [2.24, 2.45) is 5.41 Å². The molecule has 1 aromatic rings. The van der Waals surface area contributed by atoms with E-state index in [1.54, 1.807) is 0 Å². The predicted molar refractivity (Wildman–Crippen MR) is 78.5 cm³/mol. The van der Waals surface area contributed by atoms with E-state index in [1.807, 2.05) is 0 Å². The highest BCUT2D eigenvalue weighted by molar-refractivity contribution is 6.42. The molecule has 0 radical (unpaired) electrons. The molecule has 1 amide bonds. The number of amides is 1. The maximum atomic E-state index is 12.2. The quantitative estimate of drug-likeness (QED) is 0.808. The van der Waals surface area contributed by atoms with Crippen LogP contribution in [0.2, 0.25) is 10.2 Å². The van der Waals surface area contributed by atoms with Crippen LogP contribution in [0.4, 0.5) is 5.82 Å². The van der Waals surface area contributed by atoms with E-state index in [0.717, 1.165) is 25.7 Å². The maximum absolute atomic E-state index is 12.2. The van der Waals surface area contributed by atoms with E-state index in [9.17, 15) is 9.59 Å². The lowest BCUT2D eigenvalue weighted by molar-refractivity contribution is -0.140. The smallest absolute Gasteiger partial charge is 0.303 e. The van der Waals surface area contributed by atoms with Gasteiger partial charge in [0.1, 0.15) is 11.3 Å². The molecule has 1 aliphatic rings. The lowest BCUT2D eigenvalue weighted by Gasteiger charge is -2.26. The van der Waals surface area contributed by atoms with Crippen LogP contribution in [-0.2, 0) is 9.59 Å². The van der Waals surface area contributed by atoms with E-state index in [1.165, 1.54) is 6.33 Å². The van der Waals surface area contributed by atoms with E-state index in [-0.39, 0.29) is 34.7 Å². The van der Waals surface area contributed by atoms with Gasteiger partial charge in [-0.05, 0) is 18.3 Å². The number of aliphatic carboxylic acids is 1. The predicted octanol–water partition coefficient (Wildman–Crippen LogP) is 3.15. The highest BCUT2D eigenvalue weighted by Crippen LogP contribution is 2.44. The van der Waals surface area contributed by atoms with Gasteiger partial charge in [0, 0.05) is 6.42 Å². The fourth-order valence-corrected chi connectivity index (χ4v) is 3.09. The van der Waals surface area contributed by atoms with Gasteiger partial charge in [-0.1, -0.05) is 36.0 Å². The summed E-state index contributed by atoms with van der Waals surface area (Å²) >= 11 is 11.7. The van der Waals surface area contributed by atoms with Gasteiger partial charge in [-0.25, -0.2) is 9.97 Å². The highest BCUT2D eigenvalue weighted by atomic mass is 35.5. The van der Waals surface area contributed by atoms with Gasteiger partial charge in [0.2, 0.25) is 5.91 Å². The minimum Gasteiger partial charge on any atom is -0.481 e. The summed E-state index contributed by atoms with van der Waals surface area (Å²) in [5.41, 5.74) is -0.473. The number of nitrogens with zero attached hydrogens (tertiary/aromatic N) is 2. The Balaban J connectivity index is 2.06. The molecule has 21 heavy (non-hydrogen) atoms. The summed E-state index contributed by atoms with van der Waals surface area (Å²) in [6.07, 6.45) is 4.71. The fourth-order valence-electron chi connectivity index (χ4n) is 2.81. The number of anilines is 1. The molecule has 2 N–H and O–H groups in total. The molecule has 0 aliphatic heterocycles. The van der Waals surface area contributed by atoms with Crippen LogP contribution in [0, 0.1) is 5.41 Å². The molecule has 114 valence electrons. The molecule has 1 aliphatic carbocycles. The monoisotopic (exact) mass is 331 g/mol. The van der Waals surface area contributed by atoms with Crippen LogP contribution in [0.3, 0.4) is 0 Å². The van der Waals surface area contributed by atoms with Crippen LogP contribution in [-0.4, -0.2) is 27.0 Å². The van der Waals surface area contributed by atoms with E-state index < -0.39 is 11.4 Å². The molecule has 8 heteroatoms. The van der Waals surface area contributed by atoms with Gasteiger partial charge >= 0.3 is 5.97 Å². The molecule has 0 saturated heterocycles. The summed E-state index contributed by atoms with van der Waals surface area (Å²) < 4.78 is 0. The van der Waals surface area contributed by atoms with Gasteiger partial charge in [-0.15, -0.1) is 0 Å². The first-order chi connectivity index (χ1) is 9.92. The zero-order valence-electron chi connectivity index (χ0n) is 11.2. The minimum atomic E-state index is -0.882. The third-order valence-corrected chi connectivity index (χ3v) is 4.47. The van der Waals surface area contributed by atoms with Crippen LogP contribution in [0.1, 0.15) is 38.5 Å². The summed E-state index contributed by atoms with van der Waals surface area (Å²) in [6, 6.07) is 0. The number of nitrogens with one attached hydrogen (secondary N) is 1. The maximum Gasteiger partial charge on any atom is 0.303 e. The van der Waals surface area contributed by atoms with Crippen molar-refractivity contribution in [2.45, 2.75) is 38.5 Å². The van der Waals surface area contributed by atoms with E-state index >= 15 is 0 Å². The second-order valence-corrected chi connectivity index (χ2v) is 6.07. The number of carbonyl (C=O) groups is 2. The third kappa shape index (κ3) is 4.04. The number of carbonyl (C=O) groups excluding carboxylic acids is 1. The Kier molecular flexibility index (Phi) is 5.00. The van der Waals surface area contributed by atoms with Crippen LogP contribution >= 0.6 is 23.2 Å². The molecule has 0 atom stereocenters. The van der Waals surface area contributed by atoms with Gasteiger partial charge in [0.05, 0.1) is 6.42 Å². The molecule has 0 bridgehead atoms. The molecule has 1 saturated carbocycles. The Morgan fingerprint density at radius 2 is 1.90 bits per heavy atom. The Bertz CT molecular complexity index is 560. The van der Waals surface area contributed by atoms with Crippen molar-refractivity contribution in [3.63, 3.8) is 0 Å². The number of hydrogen-bond acceptors (Lipinski definition) is 4. The SMILES string of the molecule is O=C(O)CC1(CC(=O)Nc2ncnc(Cl)c2Cl)CCCC1. The van der Waals surface area contributed by atoms with Gasteiger partial charge in [0.25, 0.3) is 0 Å². The van der Waals surface area contributed by atoms with E-state index in [2.05, 4.69) is 15.3 Å². The number of rotatable bonds is 5. The summed E-state index contributed by atoms with van der Waals surface area (Å²) in [6.45, 7) is 0. The van der Waals surface area contributed by atoms with Gasteiger partial charge in [-0.3, -0.25) is 9.59 Å². The van der Waals surface area contributed by atoms with Crippen molar-refractivity contribution in [3.8, 4) is 0 Å². The molecule has 0 unspecified atom stereocenters. The number of hydrogen-bond donors (Lipinski definition) is 2. The number of carboxylic acid groups (broad SMARTS) is 1. The Morgan fingerprint density at radius 1 is 1.24 bits per heavy atom. The number of carboxylic acids is 1. The van der Waals surface area contributed by atoms with Crippen LogP contribution in [0.5, 0.6) is 0 Å². The molecular formula is C13H15Cl2N3O3. The first kappa shape index (κ1) is 16.0. The van der Waals surface area contributed by atoms with Crippen LogP contribution in [0.25, 0.3) is 0 Å². The van der Waals surface area contributed by atoms with E-state index in [4.69, 9.17) is 28.3 Å². The summed E-state index contributed by atoms with van der Waals surface area (Å²) in [5.74, 6) is -1.05. The number of aromatic nitrogens is 2. The second-order valence-electron chi connectivity index (χ2n) is 5.33. The Labute approximate surface area is 131 Å². The average Bonchev–Trinajstić information content (AvgIpc) is 2.82. The standard InChI is InChI=1S/C13H15Cl2N3O3/c14-10-11(15)16-7-17-12(10)18-8(19)5-13(6-9(20)21)3-1-2-4-13/h7H,1-6H2,(H,20,21)(H,16,17,18,19). The normalized spacial score (nSPS) is 16.7. The summed E-state index contributed by atoms with van der Waals surface area (Å²) in [4.78, 5) is 30.7. The molecule has 1 aromatic heterocycles. The largest absolute Gasteiger partial charge is 0.481 e. The molecule has 2 rings (SSSR count). The number of halogens is 2. The van der Waals surface area contributed by atoms with Crippen LogP contribution in [0.15, 0.2) is 6.33 Å². The van der Waals surface area contributed by atoms with Crippen LogP contribution < -0.4 is 5.32 Å². The topological polar surface area (TPSA) is 92.2 Å². The van der Waals surface area contributed by atoms with Crippen molar-refractivity contribution in [3.05, 3.63) is 16.5 Å². The van der Waals surface area contributed by atoms with Crippen molar-refractivity contribution >= 4 is 40.9 Å². The van der Waals surface area contributed by atoms with Crippen molar-refractivity contribution in [1.29, 1.82) is 0 Å². The van der Waals surface area contributed by atoms with Crippen molar-refractivity contribution < 1.29 is 14.7 Å². The van der Waals surface area contributed by atoms with Gasteiger partial charge in [0.15, 0.2) is 11.0 Å². The third-order valence-electron chi connectivity index (χ3n) is 3.73. The second kappa shape index (κ2) is 6.58. The molecule has 0 aromatic carbocycles. The van der Waals surface area contributed by atoms with E-state index in [0.29, 0.717) is 0 Å². The highest BCUT2D eigenvalue weighted by Gasteiger charge is 2.38. The lowest BCUT2D eigenvalue weighted by Crippen LogP contribution is -2.28. The fraction of sp³-hybridized carbons (Fsp3) is 0.538. The lowest BCUT2D eigenvalue weighted by atomic mass is 9.79. The van der Waals surface area contributed by atoms with Crippen molar-refractivity contribution in [1.82, 2.24) is 9.97 Å². The zero-order chi connectivity index (χ0) is 15.5. The zero-order valence-corrected chi connectivity index (χ0v) is 12.7. The Morgan fingerprint density at radius 3 is 2.52 bits per heavy atom. The first-order valence-electron chi connectivity index (χ1n) is 6.59. The summed E-state index contributed by atoms with van der Waals surface area (Å²) in [5, 5.41) is 11.7. The molecule has 0 spiro atoms.